The van der Waals surface area contributed by atoms with Crippen molar-refractivity contribution in [3.8, 4) is 6.07 Å². The SMILES string of the molecule is CCN(CCC#N)S(=O)(=O)c1cc(F)ccc1F. The molecule has 0 radical (unpaired) electrons. The van der Waals surface area contributed by atoms with E-state index in [9.17, 15) is 17.2 Å². The largest absolute Gasteiger partial charge is 0.246 e. The van der Waals surface area contributed by atoms with Gasteiger partial charge in [-0.05, 0) is 18.2 Å². The maximum absolute atomic E-state index is 13.4. The minimum Gasteiger partial charge on any atom is -0.207 e. The number of halogens is 2. The van der Waals surface area contributed by atoms with Gasteiger partial charge < -0.3 is 0 Å². The summed E-state index contributed by atoms with van der Waals surface area (Å²) in [5.41, 5.74) is 0. The van der Waals surface area contributed by atoms with Crippen LogP contribution in [0.3, 0.4) is 0 Å². The second kappa shape index (κ2) is 5.89. The second-order valence-corrected chi connectivity index (χ2v) is 5.39. The number of nitrogens with zero attached hydrogens (tertiary/aromatic N) is 2. The molecular weight excluding hydrogens is 262 g/mol. The molecule has 0 heterocycles. The average molecular weight is 274 g/mol. The topological polar surface area (TPSA) is 61.2 Å². The van der Waals surface area contributed by atoms with Crippen molar-refractivity contribution in [2.75, 3.05) is 13.1 Å². The number of hydrogen-bond acceptors (Lipinski definition) is 3. The molecule has 1 aromatic rings. The minimum atomic E-state index is -4.11. The average Bonchev–Trinajstić information content (AvgIpc) is 2.33. The van der Waals surface area contributed by atoms with Crippen molar-refractivity contribution in [1.82, 2.24) is 4.31 Å². The van der Waals surface area contributed by atoms with Gasteiger partial charge in [-0.3, -0.25) is 0 Å². The highest BCUT2D eigenvalue weighted by Gasteiger charge is 2.26. The predicted molar refractivity (Wildman–Crippen MR) is 61.0 cm³/mol. The Hall–Kier alpha value is -1.52. The van der Waals surface area contributed by atoms with Gasteiger partial charge >= 0.3 is 0 Å². The fourth-order valence-electron chi connectivity index (χ4n) is 1.44. The van der Waals surface area contributed by atoms with Crippen LogP contribution in [-0.2, 0) is 10.0 Å². The van der Waals surface area contributed by atoms with Crippen molar-refractivity contribution >= 4 is 10.0 Å². The molecule has 0 saturated heterocycles. The smallest absolute Gasteiger partial charge is 0.207 e. The summed E-state index contributed by atoms with van der Waals surface area (Å²) in [7, 11) is -4.11. The van der Waals surface area contributed by atoms with Gasteiger partial charge in [-0.15, -0.1) is 0 Å². The third-order valence-corrected chi connectivity index (χ3v) is 4.33. The highest BCUT2D eigenvalue weighted by molar-refractivity contribution is 7.89. The summed E-state index contributed by atoms with van der Waals surface area (Å²) < 4.78 is 51.5. The molecule has 98 valence electrons. The molecule has 0 saturated carbocycles. The standard InChI is InChI=1S/C11H12F2N2O2S/c1-2-15(7-3-6-14)18(16,17)11-8-9(12)4-5-10(11)13/h4-5,8H,2-3,7H2,1H3. The molecule has 0 bridgehead atoms. The Balaban J connectivity index is 3.19. The van der Waals surface area contributed by atoms with Crippen LogP contribution in [0.4, 0.5) is 8.78 Å². The van der Waals surface area contributed by atoms with Gasteiger partial charge in [-0.2, -0.15) is 9.57 Å². The van der Waals surface area contributed by atoms with Crippen LogP contribution in [0.1, 0.15) is 13.3 Å². The minimum absolute atomic E-state index is 0.00992. The molecule has 0 spiro atoms. The Labute approximate surface area is 105 Å². The van der Waals surface area contributed by atoms with E-state index in [-0.39, 0.29) is 19.5 Å². The van der Waals surface area contributed by atoms with Crippen molar-refractivity contribution in [1.29, 1.82) is 5.26 Å². The van der Waals surface area contributed by atoms with Crippen molar-refractivity contribution in [3.05, 3.63) is 29.8 Å². The van der Waals surface area contributed by atoms with Gasteiger partial charge in [-0.1, -0.05) is 6.92 Å². The Morgan fingerprint density at radius 1 is 1.39 bits per heavy atom. The number of nitriles is 1. The Bertz CT molecular complexity index is 567. The maximum Gasteiger partial charge on any atom is 0.246 e. The zero-order chi connectivity index (χ0) is 13.8. The molecule has 7 heteroatoms. The number of sulfonamides is 1. The van der Waals surface area contributed by atoms with Crippen LogP contribution in [0.25, 0.3) is 0 Å². The van der Waals surface area contributed by atoms with E-state index in [4.69, 9.17) is 5.26 Å². The van der Waals surface area contributed by atoms with Crippen LogP contribution in [0.15, 0.2) is 23.1 Å². The maximum atomic E-state index is 13.4. The van der Waals surface area contributed by atoms with Crippen LogP contribution in [0.5, 0.6) is 0 Å². The Kier molecular flexibility index (Phi) is 4.76. The zero-order valence-corrected chi connectivity index (χ0v) is 10.5. The molecule has 0 unspecified atom stereocenters. The van der Waals surface area contributed by atoms with Gasteiger partial charge in [0.1, 0.15) is 16.5 Å². The molecule has 1 aromatic carbocycles. The number of rotatable bonds is 5. The van der Waals surface area contributed by atoms with E-state index in [0.717, 1.165) is 16.4 Å². The number of hydrogen-bond donors (Lipinski definition) is 0. The van der Waals surface area contributed by atoms with Crippen LogP contribution < -0.4 is 0 Å². The lowest BCUT2D eigenvalue weighted by Crippen LogP contribution is -2.32. The second-order valence-electron chi connectivity index (χ2n) is 3.48. The highest BCUT2D eigenvalue weighted by Crippen LogP contribution is 2.20. The van der Waals surface area contributed by atoms with Gasteiger partial charge in [0.2, 0.25) is 10.0 Å². The Morgan fingerprint density at radius 3 is 2.61 bits per heavy atom. The van der Waals surface area contributed by atoms with Gasteiger partial charge in [0.15, 0.2) is 0 Å². The lowest BCUT2D eigenvalue weighted by Gasteiger charge is -2.19. The third kappa shape index (κ3) is 3.03. The first-order valence-corrected chi connectivity index (χ1v) is 6.69. The van der Waals surface area contributed by atoms with Gasteiger partial charge in [0.05, 0.1) is 6.07 Å². The first-order valence-electron chi connectivity index (χ1n) is 5.25. The summed E-state index contributed by atoms with van der Waals surface area (Å²) in [6.07, 6.45) is -0.00992. The monoisotopic (exact) mass is 274 g/mol. The quantitative estimate of drug-likeness (QED) is 0.823. The lowest BCUT2D eigenvalue weighted by molar-refractivity contribution is 0.429. The highest BCUT2D eigenvalue weighted by atomic mass is 32.2. The van der Waals surface area contributed by atoms with E-state index in [1.165, 1.54) is 0 Å². The van der Waals surface area contributed by atoms with E-state index in [1.807, 2.05) is 6.07 Å². The molecule has 0 aliphatic rings. The molecule has 0 aliphatic carbocycles. The summed E-state index contributed by atoms with van der Waals surface area (Å²) in [6.45, 7) is 1.59. The van der Waals surface area contributed by atoms with Crippen LogP contribution in [0, 0.1) is 23.0 Å². The van der Waals surface area contributed by atoms with E-state index < -0.39 is 26.6 Å². The molecule has 0 N–H and O–H groups in total. The summed E-state index contributed by atoms with van der Waals surface area (Å²) in [6, 6.07) is 4.06. The Morgan fingerprint density at radius 2 is 2.06 bits per heavy atom. The molecule has 0 fully saturated rings. The van der Waals surface area contributed by atoms with E-state index in [1.54, 1.807) is 6.92 Å². The van der Waals surface area contributed by atoms with Crippen LogP contribution in [0.2, 0.25) is 0 Å². The van der Waals surface area contributed by atoms with E-state index >= 15 is 0 Å². The first kappa shape index (κ1) is 14.5. The van der Waals surface area contributed by atoms with Crippen molar-refractivity contribution in [2.45, 2.75) is 18.2 Å². The molecule has 4 nitrogen and oxygen atoms in total. The predicted octanol–water partition coefficient (Wildman–Crippen LogP) is 1.89. The van der Waals surface area contributed by atoms with Crippen LogP contribution in [-0.4, -0.2) is 25.8 Å². The van der Waals surface area contributed by atoms with Crippen LogP contribution >= 0.6 is 0 Å². The number of benzene rings is 1. The molecule has 1 rings (SSSR count). The van der Waals surface area contributed by atoms with Gasteiger partial charge in [-0.25, -0.2) is 17.2 Å². The fourth-order valence-corrected chi connectivity index (χ4v) is 2.96. The van der Waals surface area contributed by atoms with Gasteiger partial charge in [0.25, 0.3) is 0 Å². The zero-order valence-electron chi connectivity index (χ0n) is 9.73. The van der Waals surface area contributed by atoms with Crippen molar-refractivity contribution in [3.63, 3.8) is 0 Å². The summed E-state index contributed by atoms with van der Waals surface area (Å²) >= 11 is 0. The van der Waals surface area contributed by atoms with Crippen molar-refractivity contribution < 1.29 is 17.2 Å². The van der Waals surface area contributed by atoms with Crippen molar-refractivity contribution in [2.24, 2.45) is 0 Å². The van der Waals surface area contributed by atoms with Gasteiger partial charge in [0, 0.05) is 19.5 Å². The van der Waals surface area contributed by atoms with E-state index in [0.29, 0.717) is 6.07 Å². The molecule has 0 aromatic heterocycles. The molecule has 0 atom stereocenters. The molecule has 0 amide bonds. The molecular formula is C11H12F2N2O2S. The normalized spacial score (nSPS) is 11.5. The molecule has 0 aliphatic heterocycles. The third-order valence-electron chi connectivity index (χ3n) is 2.34. The summed E-state index contributed by atoms with van der Waals surface area (Å²) in [4.78, 5) is -0.706. The fraction of sp³-hybridized carbons (Fsp3) is 0.364. The van der Waals surface area contributed by atoms with E-state index in [2.05, 4.69) is 0 Å². The first-order chi connectivity index (χ1) is 8.43. The lowest BCUT2D eigenvalue weighted by atomic mass is 10.3. The summed E-state index contributed by atoms with van der Waals surface area (Å²) in [5.74, 6) is -1.84. The molecule has 18 heavy (non-hydrogen) atoms. The summed E-state index contributed by atoms with van der Waals surface area (Å²) in [5, 5.41) is 8.44.